The second-order valence-electron chi connectivity index (χ2n) is 4.44. The minimum Gasteiger partial charge on any atom is -0.497 e. The molecule has 0 aromatic heterocycles. The van der Waals surface area contributed by atoms with Crippen LogP contribution >= 0.6 is 0 Å². The van der Waals surface area contributed by atoms with Crippen LogP contribution in [-0.4, -0.2) is 24.8 Å². The highest BCUT2D eigenvalue weighted by molar-refractivity contribution is 5.80. The van der Waals surface area contributed by atoms with E-state index in [1.165, 1.54) is 0 Å². The molecule has 1 N–H and O–H groups in total. The summed E-state index contributed by atoms with van der Waals surface area (Å²) in [5, 5.41) is 9.54. The molecule has 0 amide bonds. The molecular formula is C14H18O4. The number of rotatable bonds is 4. The molecule has 1 aromatic rings. The Morgan fingerprint density at radius 3 is 2.89 bits per heavy atom. The molecule has 0 heterocycles. The van der Waals surface area contributed by atoms with E-state index in [0.29, 0.717) is 13.0 Å². The first-order valence-electron chi connectivity index (χ1n) is 6.19. The first kappa shape index (κ1) is 12.9. The smallest absolute Gasteiger partial charge is 0.340 e. The van der Waals surface area contributed by atoms with Crippen LogP contribution in [0.2, 0.25) is 0 Å². The second kappa shape index (κ2) is 4.98. The number of hydrogen-bond acceptors (Lipinski definition) is 3. The summed E-state index contributed by atoms with van der Waals surface area (Å²) in [5.74, 6) is -0.151. The summed E-state index contributed by atoms with van der Waals surface area (Å²) in [6.45, 7) is 2.21. The molecule has 1 unspecified atom stereocenters. The van der Waals surface area contributed by atoms with Crippen LogP contribution in [0.4, 0.5) is 0 Å². The van der Waals surface area contributed by atoms with Crippen molar-refractivity contribution in [2.45, 2.75) is 31.8 Å². The molecule has 1 aliphatic rings. The molecule has 0 fully saturated rings. The van der Waals surface area contributed by atoms with Gasteiger partial charge in [0.25, 0.3) is 0 Å². The SMILES string of the molecule is CCOC1(C(=O)O)CCCc2cc(OC)ccc21. The van der Waals surface area contributed by atoms with Gasteiger partial charge in [-0.15, -0.1) is 0 Å². The van der Waals surface area contributed by atoms with Crippen LogP contribution in [0.5, 0.6) is 5.75 Å². The van der Waals surface area contributed by atoms with Crippen molar-refractivity contribution in [3.63, 3.8) is 0 Å². The molecule has 1 aromatic carbocycles. The van der Waals surface area contributed by atoms with Gasteiger partial charge >= 0.3 is 5.97 Å². The van der Waals surface area contributed by atoms with E-state index in [1.54, 1.807) is 13.2 Å². The molecule has 4 heteroatoms. The minimum atomic E-state index is -1.19. The van der Waals surface area contributed by atoms with Crippen molar-refractivity contribution in [3.05, 3.63) is 29.3 Å². The van der Waals surface area contributed by atoms with Crippen LogP contribution < -0.4 is 4.74 Å². The lowest BCUT2D eigenvalue weighted by atomic mass is 9.79. The van der Waals surface area contributed by atoms with Crippen molar-refractivity contribution < 1.29 is 19.4 Å². The van der Waals surface area contributed by atoms with Gasteiger partial charge in [0.15, 0.2) is 5.60 Å². The highest BCUT2D eigenvalue weighted by Gasteiger charge is 2.44. The fourth-order valence-corrected chi connectivity index (χ4v) is 2.64. The largest absolute Gasteiger partial charge is 0.497 e. The number of methoxy groups -OCH3 is 1. The van der Waals surface area contributed by atoms with Gasteiger partial charge in [-0.2, -0.15) is 0 Å². The van der Waals surface area contributed by atoms with Crippen molar-refractivity contribution in [3.8, 4) is 5.75 Å². The Morgan fingerprint density at radius 2 is 2.28 bits per heavy atom. The standard InChI is InChI=1S/C14H18O4/c1-3-18-14(13(15)16)8-4-5-10-9-11(17-2)6-7-12(10)14/h6-7,9H,3-5,8H2,1-2H3,(H,15,16). The van der Waals surface area contributed by atoms with Gasteiger partial charge in [0.2, 0.25) is 0 Å². The van der Waals surface area contributed by atoms with Crippen molar-refractivity contribution in [1.82, 2.24) is 0 Å². The lowest BCUT2D eigenvalue weighted by Gasteiger charge is -2.35. The maximum atomic E-state index is 11.6. The third-order valence-corrected chi connectivity index (χ3v) is 3.46. The number of benzene rings is 1. The molecule has 2 rings (SSSR count). The molecule has 0 bridgehead atoms. The van der Waals surface area contributed by atoms with Crippen molar-refractivity contribution in [2.24, 2.45) is 0 Å². The summed E-state index contributed by atoms with van der Waals surface area (Å²) >= 11 is 0. The number of carboxylic acids is 1. The number of aryl methyl sites for hydroxylation is 1. The van der Waals surface area contributed by atoms with Gasteiger partial charge in [-0.1, -0.05) is 6.07 Å². The van der Waals surface area contributed by atoms with Crippen LogP contribution in [0.1, 0.15) is 30.9 Å². The Labute approximate surface area is 107 Å². The summed E-state index contributed by atoms with van der Waals surface area (Å²) in [7, 11) is 1.61. The number of hydrogen-bond donors (Lipinski definition) is 1. The molecular weight excluding hydrogens is 232 g/mol. The van der Waals surface area contributed by atoms with Gasteiger partial charge < -0.3 is 14.6 Å². The molecule has 0 saturated carbocycles. The predicted octanol–water partition coefficient (Wildman–Crippen LogP) is 2.35. The zero-order valence-corrected chi connectivity index (χ0v) is 10.7. The Bertz CT molecular complexity index is 455. The molecule has 0 saturated heterocycles. The summed E-state index contributed by atoms with van der Waals surface area (Å²) < 4.78 is 10.8. The van der Waals surface area contributed by atoms with E-state index in [1.807, 2.05) is 19.1 Å². The molecule has 0 radical (unpaired) electrons. The number of carboxylic acid groups (broad SMARTS) is 1. The zero-order chi connectivity index (χ0) is 13.2. The lowest BCUT2D eigenvalue weighted by molar-refractivity contribution is -0.169. The van der Waals surface area contributed by atoms with Crippen molar-refractivity contribution >= 4 is 5.97 Å². The fraction of sp³-hybridized carbons (Fsp3) is 0.500. The van der Waals surface area contributed by atoms with Gasteiger partial charge in [-0.05, 0) is 49.4 Å². The van der Waals surface area contributed by atoms with Crippen LogP contribution in [0.25, 0.3) is 0 Å². The van der Waals surface area contributed by atoms with Gasteiger partial charge in [0.05, 0.1) is 7.11 Å². The first-order chi connectivity index (χ1) is 8.64. The van der Waals surface area contributed by atoms with Gasteiger partial charge in [0.1, 0.15) is 5.75 Å². The molecule has 0 spiro atoms. The van der Waals surface area contributed by atoms with E-state index in [4.69, 9.17) is 9.47 Å². The molecule has 1 aliphatic carbocycles. The quantitative estimate of drug-likeness (QED) is 0.891. The Balaban J connectivity index is 2.51. The third-order valence-electron chi connectivity index (χ3n) is 3.46. The van der Waals surface area contributed by atoms with E-state index >= 15 is 0 Å². The summed E-state index contributed by atoms with van der Waals surface area (Å²) in [6.07, 6.45) is 2.20. The molecule has 18 heavy (non-hydrogen) atoms. The fourth-order valence-electron chi connectivity index (χ4n) is 2.64. The normalized spacial score (nSPS) is 22.3. The topological polar surface area (TPSA) is 55.8 Å². The average Bonchev–Trinajstić information content (AvgIpc) is 2.38. The number of carbonyl (C=O) groups is 1. The third kappa shape index (κ3) is 1.97. The molecule has 98 valence electrons. The van der Waals surface area contributed by atoms with E-state index in [9.17, 15) is 9.90 Å². The first-order valence-corrected chi connectivity index (χ1v) is 6.19. The number of aliphatic carboxylic acids is 1. The van der Waals surface area contributed by atoms with Crippen molar-refractivity contribution in [2.75, 3.05) is 13.7 Å². The molecule has 1 atom stereocenters. The van der Waals surface area contributed by atoms with Crippen LogP contribution in [0, 0.1) is 0 Å². The highest BCUT2D eigenvalue weighted by Crippen LogP contribution is 2.40. The average molecular weight is 250 g/mol. The van der Waals surface area contributed by atoms with Crippen LogP contribution in [-0.2, 0) is 21.6 Å². The van der Waals surface area contributed by atoms with E-state index in [0.717, 1.165) is 29.7 Å². The lowest BCUT2D eigenvalue weighted by Crippen LogP contribution is -2.41. The minimum absolute atomic E-state index is 0.387. The number of fused-ring (bicyclic) bond motifs is 1. The second-order valence-corrected chi connectivity index (χ2v) is 4.44. The van der Waals surface area contributed by atoms with E-state index in [2.05, 4.69) is 0 Å². The zero-order valence-electron chi connectivity index (χ0n) is 10.7. The van der Waals surface area contributed by atoms with E-state index in [-0.39, 0.29) is 0 Å². The summed E-state index contributed by atoms with van der Waals surface area (Å²) in [5.41, 5.74) is 0.592. The van der Waals surface area contributed by atoms with Gasteiger partial charge in [0, 0.05) is 6.61 Å². The molecule has 0 aliphatic heterocycles. The maximum Gasteiger partial charge on any atom is 0.340 e. The Hall–Kier alpha value is -1.55. The molecule has 4 nitrogen and oxygen atoms in total. The Kier molecular flexibility index (Phi) is 3.57. The maximum absolute atomic E-state index is 11.6. The van der Waals surface area contributed by atoms with Crippen molar-refractivity contribution in [1.29, 1.82) is 0 Å². The summed E-state index contributed by atoms with van der Waals surface area (Å²) in [4.78, 5) is 11.6. The van der Waals surface area contributed by atoms with Gasteiger partial charge in [-0.3, -0.25) is 0 Å². The summed E-state index contributed by atoms with van der Waals surface area (Å²) in [6, 6.07) is 5.52. The number of ether oxygens (including phenoxy) is 2. The van der Waals surface area contributed by atoms with E-state index < -0.39 is 11.6 Å². The van der Waals surface area contributed by atoms with Gasteiger partial charge in [-0.25, -0.2) is 4.79 Å². The Morgan fingerprint density at radius 1 is 1.50 bits per heavy atom. The predicted molar refractivity (Wildman–Crippen MR) is 66.9 cm³/mol. The monoisotopic (exact) mass is 250 g/mol. The highest BCUT2D eigenvalue weighted by atomic mass is 16.5. The van der Waals surface area contributed by atoms with Crippen LogP contribution in [0.15, 0.2) is 18.2 Å². The van der Waals surface area contributed by atoms with Crippen LogP contribution in [0.3, 0.4) is 0 Å².